The summed E-state index contributed by atoms with van der Waals surface area (Å²) in [7, 11) is 0. The molecule has 1 aromatic carbocycles. The number of carbonyl (C=O) groups excluding carboxylic acids is 1. The molecule has 1 atom stereocenters. The molecule has 4 rings (SSSR count). The van der Waals surface area contributed by atoms with Crippen LogP contribution in [0.15, 0.2) is 59.4 Å². The van der Waals surface area contributed by atoms with Gasteiger partial charge in [0, 0.05) is 36.1 Å². The zero-order chi connectivity index (χ0) is 18.6. The van der Waals surface area contributed by atoms with E-state index >= 15 is 0 Å². The fourth-order valence-corrected chi connectivity index (χ4v) is 3.00. The number of amides is 1. The molecule has 3 N–H and O–H groups in total. The maximum atomic E-state index is 12.3. The molecule has 0 bridgehead atoms. The van der Waals surface area contributed by atoms with Gasteiger partial charge in [-0.1, -0.05) is 23.4 Å². The Kier molecular flexibility index (Phi) is 4.98. The van der Waals surface area contributed by atoms with Gasteiger partial charge in [-0.05, 0) is 55.0 Å². The summed E-state index contributed by atoms with van der Waals surface area (Å²) in [6, 6.07) is 13.3. The Bertz CT molecular complexity index is 901. The van der Waals surface area contributed by atoms with Crippen molar-refractivity contribution >= 4 is 11.6 Å². The summed E-state index contributed by atoms with van der Waals surface area (Å²) in [4.78, 5) is 16.4. The number of nitrogens with zero attached hydrogens (tertiary/aromatic N) is 2. The standard InChI is InChI=1S/C21H22N4O2/c22-18(10-3-14-2-1-11-23-13-14)15-6-8-17(9-7-15)24-21(26)19-12-20(27-25-19)16-4-5-16/h1-2,6-9,11-13,16,18H,3-5,10,22H2,(H,24,26). The summed E-state index contributed by atoms with van der Waals surface area (Å²) in [5.74, 6) is 0.973. The Morgan fingerprint density at radius 3 is 2.78 bits per heavy atom. The van der Waals surface area contributed by atoms with Crippen LogP contribution in [-0.2, 0) is 6.42 Å². The predicted octanol–water partition coefficient (Wildman–Crippen LogP) is 3.83. The number of hydrogen-bond acceptors (Lipinski definition) is 5. The highest BCUT2D eigenvalue weighted by molar-refractivity contribution is 6.02. The first-order valence-electron chi connectivity index (χ1n) is 9.21. The summed E-state index contributed by atoms with van der Waals surface area (Å²) in [6.07, 6.45) is 7.56. The van der Waals surface area contributed by atoms with Crippen LogP contribution < -0.4 is 11.1 Å². The van der Waals surface area contributed by atoms with Gasteiger partial charge in [0.25, 0.3) is 5.91 Å². The highest BCUT2D eigenvalue weighted by Crippen LogP contribution is 2.40. The van der Waals surface area contributed by atoms with Crippen LogP contribution in [0.5, 0.6) is 0 Å². The molecular weight excluding hydrogens is 340 g/mol. The average Bonchev–Trinajstić information content (AvgIpc) is 3.44. The van der Waals surface area contributed by atoms with E-state index in [0.717, 1.165) is 37.0 Å². The van der Waals surface area contributed by atoms with Gasteiger partial charge in [-0.2, -0.15) is 0 Å². The third-order valence-corrected chi connectivity index (χ3v) is 4.80. The number of aryl methyl sites for hydroxylation is 1. The molecule has 1 saturated carbocycles. The van der Waals surface area contributed by atoms with E-state index in [0.29, 0.717) is 17.3 Å². The molecule has 0 saturated heterocycles. The molecule has 6 heteroatoms. The molecule has 27 heavy (non-hydrogen) atoms. The number of benzene rings is 1. The fraction of sp³-hybridized carbons (Fsp3) is 0.286. The van der Waals surface area contributed by atoms with E-state index < -0.39 is 0 Å². The molecule has 1 amide bonds. The largest absolute Gasteiger partial charge is 0.360 e. The third-order valence-electron chi connectivity index (χ3n) is 4.80. The van der Waals surface area contributed by atoms with Gasteiger partial charge in [-0.15, -0.1) is 0 Å². The van der Waals surface area contributed by atoms with Crippen molar-refractivity contribution in [3.8, 4) is 0 Å². The van der Waals surface area contributed by atoms with E-state index in [1.165, 1.54) is 5.56 Å². The second-order valence-electron chi connectivity index (χ2n) is 6.97. The molecule has 3 aromatic rings. The van der Waals surface area contributed by atoms with E-state index in [9.17, 15) is 4.79 Å². The molecule has 1 aliphatic rings. The van der Waals surface area contributed by atoms with Gasteiger partial charge in [-0.25, -0.2) is 0 Å². The van der Waals surface area contributed by atoms with Crippen LogP contribution in [-0.4, -0.2) is 16.0 Å². The minimum atomic E-state index is -0.265. The van der Waals surface area contributed by atoms with E-state index in [1.54, 1.807) is 12.3 Å². The molecular formula is C21H22N4O2. The van der Waals surface area contributed by atoms with E-state index in [4.69, 9.17) is 10.3 Å². The van der Waals surface area contributed by atoms with Crippen molar-refractivity contribution in [1.29, 1.82) is 0 Å². The molecule has 1 fully saturated rings. The summed E-state index contributed by atoms with van der Waals surface area (Å²) in [5.41, 5.74) is 9.53. The van der Waals surface area contributed by atoms with Crippen molar-refractivity contribution in [2.24, 2.45) is 5.73 Å². The molecule has 0 aliphatic heterocycles. The van der Waals surface area contributed by atoms with Crippen molar-refractivity contribution in [2.45, 2.75) is 37.6 Å². The first-order chi connectivity index (χ1) is 13.2. The fourth-order valence-electron chi connectivity index (χ4n) is 3.00. The molecule has 2 aromatic heterocycles. The number of hydrogen-bond donors (Lipinski definition) is 2. The monoisotopic (exact) mass is 362 g/mol. The van der Waals surface area contributed by atoms with Gasteiger partial charge >= 0.3 is 0 Å². The minimum Gasteiger partial charge on any atom is -0.360 e. The number of rotatable bonds is 7. The molecule has 0 radical (unpaired) electrons. The summed E-state index contributed by atoms with van der Waals surface area (Å²) in [5, 5.41) is 6.70. The predicted molar refractivity (Wildman–Crippen MR) is 102 cm³/mol. The van der Waals surface area contributed by atoms with Crippen molar-refractivity contribution < 1.29 is 9.32 Å². The molecule has 138 valence electrons. The van der Waals surface area contributed by atoms with Gasteiger partial charge in [0.1, 0.15) is 5.76 Å². The molecule has 1 aliphatic carbocycles. The first-order valence-corrected chi connectivity index (χ1v) is 9.21. The molecule has 2 heterocycles. The van der Waals surface area contributed by atoms with E-state index in [1.807, 2.05) is 36.5 Å². The van der Waals surface area contributed by atoms with Crippen LogP contribution >= 0.6 is 0 Å². The second-order valence-corrected chi connectivity index (χ2v) is 6.97. The number of anilines is 1. The minimum absolute atomic E-state index is 0.0633. The lowest BCUT2D eigenvalue weighted by molar-refractivity contribution is 0.101. The van der Waals surface area contributed by atoms with E-state index in [2.05, 4.69) is 21.5 Å². The Balaban J connectivity index is 1.32. The smallest absolute Gasteiger partial charge is 0.277 e. The molecule has 0 spiro atoms. The van der Waals surface area contributed by atoms with Crippen molar-refractivity contribution in [3.05, 3.63) is 77.4 Å². The number of pyridine rings is 1. The van der Waals surface area contributed by atoms with Crippen LogP contribution in [0, 0.1) is 0 Å². The zero-order valence-corrected chi connectivity index (χ0v) is 15.0. The van der Waals surface area contributed by atoms with Crippen molar-refractivity contribution in [3.63, 3.8) is 0 Å². The van der Waals surface area contributed by atoms with Gasteiger partial charge in [0.05, 0.1) is 0 Å². The SMILES string of the molecule is NC(CCc1cccnc1)c1ccc(NC(=O)c2cc(C3CC3)on2)cc1. The maximum Gasteiger partial charge on any atom is 0.277 e. The maximum absolute atomic E-state index is 12.3. The van der Waals surface area contributed by atoms with Crippen LogP contribution in [0.4, 0.5) is 5.69 Å². The number of carbonyl (C=O) groups is 1. The van der Waals surface area contributed by atoms with Gasteiger partial charge < -0.3 is 15.6 Å². The summed E-state index contributed by atoms with van der Waals surface area (Å²) >= 11 is 0. The summed E-state index contributed by atoms with van der Waals surface area (Å²) in [6.45, 7) is 0. The quantitative estimate of drug-likeness (QED) is 0.666. The van der Waals surface area contributed by atoms with Crippen LogP contribution in [0.3, 0.4) is 0 Å². The van der Waals surface area contributed by atoms with Gasteiger partial charge in [-0.3, -0.25) is 9.78 Å². The highest BCUT2D eigenvalue weighted by atomic mass is 16.5. The Morgan fingerprint density at radius 2 is 2.07 bits per heavy atom. The molecule has 1 unspecified atom stereocenters. The number of nitrogens with one attached hydrogen (secondary N) is 1. The lowest BCUT2D eigenvalue weighted by Crippen LogP contribution is -2.13. The van der Waals surface area contributed by atoms with Crippen molar-refractivity contribution in [2.75, 3.05) is 5.32 Å². The third kappa shape index (κ3) is 4.41. The lowest BCUT2D eigenvalue weighted by atomic mass is 10.0. The lowest BCUT2D eigenvalue weighted by Gasteiger charge is -2.13. The van der Waals surface area contributed by atoms with Crippen LogP contribution in [0.1, 0.15) is 58.6 Å². The highest BCUT2D eigenvalue weighted by Gasteiger charge is 2.28. The molecule has 6 nitrogen and oxygen atoms in total. The van der Waals surface area contributed by atoms with Gasteiger partial charge in [0.15, 0.2) is 5.69 Å². The summed E-state index contributed by atoms with van der Waals surface area (Å²) < 4.78 is 5.23. The van der Waals surface area contributed by atoms with Crippen molar-refractivity contribution in [1.82, 2.24) is 10.1 Å². The number of aromatic nitrogens is 2. The second kappa shape index (κ2) is 7.72. The Morgan fingerprint density at radius 1 is 1.26 bits per heavy atom. The topological polar surface area (TPSA) is 94.0 Å². The first kappa shape index (κ1) is 17.4. The van der Waals surface area contributed by atoms with Crippen LogP contribution in [0.25, 0.3) is 0 Å². The Hall–Kier alpha value is -2.99. The Labute approximate surface area is 157 Å². The van der Waals surface area contributed by atoms with E-state index in [-0.39, 0.29) is 11.9 Å². The number of nitrogens with two attached hydrogens (primary N) is 1. The van der Waals surface area contributed by atoms with Crippen LogP contribution in [0.2, 0.25) is 0 Å². The zero-order valence-electron chi connectivity index (χ0n) is 15.0. The average molecular weight is 362 g/mol. The normalized spacial score (nSPS) is 14.7. The van der Waals surface area contributed by atoms with Gasteiger partial charge in [0.2, 0.25) is 0 Å².